The Balaban J connectivity index is 2.57. The van der Waals surface area contributed by atoms with Crippen molar-refractivity contribution in [2.45, 2.75) is 19.3 Å². The van der Waals surface area contributed by atoms with Crippen molar-refractivity contribution in [1.82, 2.24) is 4.90 Å². The maximum Gasteiger partial charge on any atom is 0.254 e. The summed E-state index contributed by atoms with van der Waals surface area (Å²) in [6.45, 7) is 0.833. The fraction of sp³-hybridized carbons (Fsp3) is 0.462. The Bertz CT molecular complexity index is 412. The van der Waals surface area contributed by atoms with Crippen molar-refractivity contribution in [2.24, 2.45) is 0 Å². The third-order valence-electron chi connectivity index (χ3n) is 2.66. The van der Waals surface area contributed by atoms with E-state index in [1.54, 1.807) is 11.9 Å². The Labute approximate surface area is 120 Å². The summed E-state index contributed by atoms with van der Waals surface area (Å²) in [5.74, 6) is -0.426. The SMILES string of the molecule is CN(CCCCCO)C(=O)c1ccc(F)cc1I. The minimum atomic E-state index is -0.332. The summed E-state index contributed by atoms with van der Waals surface area (Å²) in [4.78, 5) is 13.7. The predicted molar refractivity (Wildman–Crippen MR) is 77.0 cm³/mol. The number of hydrogen-bond acceptors (Lipinski definition) is 2. The van der Waals surface area contributed by atoms with Gasteiger partial charge in [-0.05, 0) is 60.1 Å². The van der Waals surface area contributed by atoms with Crippen LogP contribution in [0.5, 0.6) is 0 Å². The second-order valence-electron chi connectivity index (χ2n) is 4.14. The molecule has 0 aliphatic heterocycles. The predicted octanol–water partition coefficient (Wildman–Crippen LogP) is 2.66. The van der Waals surface area contributed by atoms with Gasteiger partial charge in [0.2, 0.25) is 0 Å². The third kappa shape index (κ3) is 4.53. The van der Waals surface area contributed by atoms with Gasteiger partial charge in [0.25, 0.3) is 5.91 Å². The van der Waals surface area contributed by atoms with Crippen LogP contribution in [0.15, 0.2) is 18.2 Å². The van der Waals surface area contributed by atoms with Crippen molar-refractivity contribution in [3.63, 3.8) is 0 Å². The first-order valence-corrected chi connectivity index (χ1v) is 6.95. The second-order valence-corrected chi connectivity index (χ2v) is 5.30. The molecule has 1 N–H and O–H groups in total. The quantitative estimate of drug-likeness (QED) is 0.622. The molecule has 0 fully saturated rings. The molecule has 3 nitrogen and oxygen atoms in total. The lowest BCUT2D eigenvalue weighted by atomic mass is 10.2. The Kier molecular flexibility index (Phi) is 6.56. The van der Waals surface area contributed by atoms with E-state index >= 15 is 0 Å². The molecule has 0 spiro atoms. The number of aliphatic hydroxyl groups excluding tert-OH is 1. The first kappa shape index (κ1) is 15.4. The smallest absolute Gasteiger partial charge is 0.254 e. The normalized spacial score (nSPS) is 10.4. The molecule has 0 aliphatic rings. The minimum absolute atomic E-state index is 0.0941. The fourth-order valence-corrected chi connectivity index (χ4v) is 2.32. The Morgan fingerprint density at radius 2 is 2.11 bits per heavy atom. The van der Waals surface area contributed by atoms with Crippen LogP contribution >= 0.6 is 22.6 Å². The zero-order valence-corrected chi connectivity index (χ0v) is 12.5. The van der Waals surface area contributed by atoms with Crippen LogP contribution in [0.1, 0.15) is 29.6 Å². The Morgan fingerprint density at radius 1 is 1.39 bits per heavy atom. The largest absolute Gasteiger partial charge is 0.396 e. The number of carbonyl (C=O) groups excluding carboxylic acids is 1. The van der Waals surface area contributed by atoms with E-state index in [2.05, 4.69) is 0 Å². The molecule has 0 radical (unpaired) electrons. The van der Waals surface area contributed by atoms with Crippen LogP contribution in [0.3, 0.4) is 0 Å². The van der Waals surface area contributed by atoms with E-state index < -0.39 is 0 Å². The highest BCUT2D eigenvalue weighted by molar-refractivity contribution is 14.1. The molecule has 0 unspecified atom stereocenters. The minimum Gasteiger partial charge on any atom is -0.396 e. The molecule has 1 aromatic carbocycles. The van der Waals surface area contributed by atoms with Crippen molar-refractivity contribution in [2.75, 3.05) is 20.2 Å². The summed E-state index contributed by atoms with van der Waals surface area (Å²) in [6, 6.07) is 4.17. The summed E-state index contributed by atoms with van der Waals surface area (Å²) in [5.41, 5.74) is 0.529. The van der Waals surface area contributed by atoms with E-state index in [0.29, 0.717) is 15.7 Å². The molecule has 1 rings (SSSR count). The molecule has 5 heteroatoms. The molecule has 0 aliphatic carbocycles. The van der Waals surface area contributed by atoms with Crippen molar-refractivity contribution >= 4 is 28.5 Å². The van der Waals surface area contributed by atoms with Crippen LogP contribution in [-0.2, 0) is 0 Å². The van der Waals surface area contributed by atoms with Gasteiger partial charge in [0.15, 0.2) is 0 Å². The molecular weight excluding hydrogens is 348 g/mol. The molecule has 1 amide bonds. The zero-order valence-electron chi connectivity index (χ0n) is 10.3. The van der Waals surface area contributed by atoms with Crippen LogP contribution in [0, 0.1) is 9.39 Å². The van der Waals surface area contributed by atoms with Gasteiger partial charge in [-0.3, -0.25) is 4.79 Å². The van der Waals surface area contributed by atoms with Crippen molar-refractivity contribution in [1.29, 1.82) is 0 Å². The van der Waals surface area contributed by atoms with Gasteiger partial charge >= 0.3 is 0 Å². The number of hydrogen-bond donors (Lipinski definition) is 1. The van der Waals surface area contributed by atoms with E-state index in [9.17, 15) is 9.18 Å². The highest BCUT2D eigenvalue weighted by atomic mass is 127. The summed E-state index contributed by atoms with van der Waals surface area (Å²) < 4.78 is 13.6. The van der Waals surface area contributed by atoms with Crippen molar-refractivity contribution in [3.05, 3.63) is 33.1 Å². The monoisotopic (exact) mass is 365 g/mol. The van der Waals surface area contributed by atoms with Gasteiger partial charge in [0.05, 0.1) is 5.56 Å². The van der Waals surface area contributed by atoms with Gasteiger partial charge < -0.3 is 10.0 Å². The number of nitrogens with zero attached hydrogens (tertiary/aromatic N) is 1. The maximum atomic E-state index is 12.9. The molecular formula is C13H17FINO2. The lowest BCUT2D eigenvalue weighted by Crippen LogP contribution is -2.28. The number of rotatable bonds is 6. The average Bonchev–Trinajstić information content (AvgIpc) is 2.33. The number of amides is 1. The second kappa shape index (κ2) is 7.68. The number of halogens is 2. The highest BCUT2D eigenvalue weighted by Crippen LogP contribution is 2.16. The van der Waals surface area contributed by atoms with Crippen LogP contribution in [0.4, 0.5) is 4.39 Å². The van der Waals surface area contributed by atoms with Crippen LogP contribution in [0.25, 0.3) is 0 Å². The molecule has 0 aromatic heterocycles. The molecule has 0 atom stereocenters. The van der Waals surface area contributed by atoms with E-state index in [1.807, 2.05) is 22.6 Å². The molecule has 0 heterocycles. The van der Waals surface area contributed by atoms with E-state index in [-0.39, 0.29) is 18.3 Å². The fourth-order valence-electron chi connectivity index (χ4n) is 1.61. The standard InChI is InChI=1S/C13H17FINO2/c1-16(7-3-2-4-8-17)13(18)11-6-5-10(14)9-12(11)15/h5-6,9,17H,2-4,7-8H2,1H3. The van der Waals surface area contributed by atoms with E-state index in [4.69, 9.17) is 5.11 Å². The number of aliphatic hydroxyl groups is 1. The molecule has 0 saturated carbocycles. The molecule has 100 valence electrons. The summed E-state index contributed by atoms with van der Waals surface area (Å²) in [5, 5.41) is 8.66. The topological polar surface area (TPSA) is 40.5 Å². The van der Waals surface area contributed by atoms with Crippen molar-refractivity contribution in [3.8, 4) is 0 Å². The number of carbonyl (C=O) groups is 1. The van der Waals surface area contributed by atoms with Gasteiger partial charge in [-0.15, -0.1) is 0 Å². The van der Waals surface area contributed by atoms with Gasteiger partial charge in [0, 0.05) is 23.8 Å². The summed E-state index contributed by atoms with van der Waals surface area (Å²) >= 11 is 1.97. The number of unbranched alkanes of at least 4 members (excludes halogenated alkanes) is 2. The molecule has 18 heavy (non-hydrogen) atoms. The van der Waals surface area contributed by atoms with Crippen molar-refractivity contribution < 1.29 is 14.3 Å². The molecule has 0 bridgehead atoms. The lowest BCUT2D eigenvalue weighted by Gasteiger charge is -2.17. The number of benzene rings is 1. The lowest BCUT2D eigenvalue weighted by molar-refractivity contribution is 0.0791. The highest BCUT2D eigenvalue weighted by Gasteiger charge is 2.14. The van der Waals surface area contributed by atoms with Crippen LogP contribution in [-0.4, -0.2) is 36.1 Å². The van der Waals surface area contributed by atoms with Crippen LogP contribution < -0.4 is 0 Å². The maximum absolute atomic E-state index is 12.9. The summed E-state index contributed by atoms with van der Waals surface area (Å²) in [6.07, 6.45) is 2.52. The Morgan fingerprint density at radius 3 is 2.72 bits per heavy atom. The third-order valence-corrected chi connectivity index (χ3v) is 3.55. The van der Waals surface area contributed by atoms with E-state index in [0.717, 1.165) is 19.3 Å². The van der Waals surface area contributed by atoms with Gasteiger partial charge in [0.1, 0.15) is 5.82 Å². The van der Waals surface area contributed by atoms with Crippen LogP contribution in [0.2, 0.25) is 0 Å². The first-order valence-electron chi connectivity index (χ1n) is 5.87. The van der Waals surface area contributed by atoms with Gasteiger partial charge in [-0.25, -0.2) is 4.39 Å². The first-order chi connectivity index (χ1) is 8.56. The zero-order chi connectivity index (χ0) is 13.5. The average molecular weight is 365 g/mol. The van der Waals surface area contributed by atoms with Gasteiger partial charge in [-0.1, -0.05) is 0 Å². The summed E-state index contributed by atoms with van der Waals surface area (Å²) in [7, 11) is 1.74. The Hall–Kier alpha value is -0.690. The van der Waals surface area contributed by atoms with Gasteiger partial charge in [-0.2, -0.15) is 0 Å². The van der Waals surface area contributed by atoms with E-state index in [1.165, 1.54) is 18.2 Å². The molecule has 1 aromatic rings. The molecule has 0 saturated heterocycles.